The molecule has 0 atom stereocenters. The fourth-order valence-electron chi connectivity index (χ4n) is 2.75. The van der Waals surface area contributed by atoms with Gasteiger partial charge in [0.1, 0.15) is 5.69 Å². The first-order chi connectivity index (χ1) is 10.1. The molecule has 0 spiro atoms. The first-order valence-corrected chi connectivity index (χ1v) is 7.07. The van der Waals surface area contributed by atoms with Gasteiger partial charge >= 0.3 is 0 Å². The first-order valence-electron chi connectivity index (χ1n) is 7.07. The van der Waals surface area contributed by atoms with Crippen molar-refractivity contribution in [3.8, 4) is 0 Å². The lowest BCUT2D eigenvalue weighted by Gasteiger charge is -2.09. The number of aromatic amines is 1. The fourth-order valence-corrected chi connectivity index (χ4v) is 2.75. The third-order valence-corrected chi connectivity index (χ3v) is 3.76. The van der Waals surface area contributed by atoms with Crippen molar-refractivity contribution in [3.05, 3.63) is 46.4 Å². The van der Waals surface area contributed by atoms with E-state index in [0.717, 1.165) is 29.3 Å². The van der Waals surface area contributed by atoms with E-state index in [0.29, 0.717) is 17.6 Å². The molecule has 0 unspecified atom stereocenters. The molecular formula is C16H17N3O2. The highest BCUT2D eigenvalue weighted by Crippen LogP contribution is 2.25. The summed E-state index contributed by atoms with van der Waals surface area (Å²) in [5.41, 5.74) is 7.22. The van der Waals surface area contributed by atoms with Crippen molar-refractivity contribution < 1.29 is 4.79 Å². The summed E-state index contributed by atoms with van der Waals surface area (Å²) in [5.74, 6) is -0.509. The van der Waals surface area contributed by atoms with Crippen LogP contribution in [0.5, 0.6) is 0 Å². The van der Waals surface area contributed by atoms with Gasteiger partial charge in [-0.05, 0) is 18.6 Å². The van der Waals surface area contributed by atoms with Crippen LogP contribution in [0.1, 0.15) is 30.3 Å². The number of nitrogens with two attached hydrogens (primary N) is 1. The molecule has 0 radical (unpaired) electrons. The molecule has 2 aromatic heterocycles. The van der Waals surface area contributed by atoms with Crippen molar-refractivity contribution in [1.29, 1.82) is 0 Å². The van der Waals surface area contributed by atoms with E-state index in [-0.39, 0.29) is 5.56 Å². The SMILES string of the molecule is CCCCn1c(C(N)=O)cc2c(=O)[nH]c3ccccc3c21. The van der Waals surface area contributed by atoms with Crippen LogP contribution in [0.25, 0.3) is 21.8 Å². The van der Waals surface area contributed by atoms with E-state index in [1.807, 2.05) is 28.8 Å². The summed E-state index contributed by atoms with van der Waals surface area (Å²) >= 11 is 0. The van der Waals surface area contributed by atoms with Crippen molar-refractivity contribution in [2.24, 2.45) is 5.73 Å². The maximum absolute atomic E-state index is 12.2. The number of hydrogen-bond donors (Lipinski definition) is 2. The summed E-state index contributed by atoms with van der Waals surface area (Å²) in [6.07, 6.45) is 1.92. The zero-order valence-corrected chi connectivity index (χ0v) is 11.8. The highest BCUT2D eigenvalue weighted by Gasteiger charge is 2.17. The molecule has 0 saturated heterocycles. The number of rotatable bonds is 4. The Hall–Kier alpha value is -2.56. The highest BCUT2D eigenvalue weighted by molar-refractivity contribution is 6.07. The van der Waals surface area contributed by atoms with Crippen molar-refractivity contribution in [2.45, 2.75) is 26.3 Å². The molecule has 1 amide bonds. The van der Waals surface area contributed by atoms with Crippen LogP contribution in [-0.4, -0.2) is 15.5 Å². The number of H-pyrrole nitrogens is 1. The van der Waals surface area contributed by atoms with Crippen molar-refractivity contribution >= 4 is 27.7 Å². The van der Waals surface area contributed by atoms with E-state index < -0.39 is 5.91 Å². The van der Waals surface area contributed by atoms with E-state index in [1.165, 1.54) is 0 Å². The summed E-state index contributed by atoms with van der Waals surface area (Å²) in [5, 5.41) is 1.44. The predicted octanol–water partition coefficient (Wildman–Crippen LogP) is 2.38. The molecular weight excluding hydrogens is 266 g/mol. The summed E-state index contributed by atoms with van der Waals surface area (Å²) in [6, 6.07) is 9.19. The number of amides is 1. The lowest BCUT2D eigenvalue weighted by molar-refractivity contribution is 0.0991. The lowest BCUT2D eigenvalue weighted by atomic mass is 10.1. The second-order valence-electron chi connectivity index (χ2n) is 5.16. The summed E-state index contributed by atoms with van der Waals surface area (Å²) in [4.78, 5) is 26.8. The number of benzene rings is 1. The molecule has 0 aliphatic carbocycles. The number of aromatic nitrogens is 2. The number of unbranched alkanes of at least 4 members (excludes halogenated alkanes) is 1. The van der Waals surface area contributed by atoms with Crippen LogP contribution < -0.4 is 11.3 Å². The number of hydrogen-bond acceptors (Lipinski definition) is 2. The Morgan fingerprint density at radius 2 is 2.05 bits per heavy atom. The van der Waals surface area contributed by atoms with Crippen LogP contribution in [0, 0.1) is 0 Å². The Balaban J connectivity index is 2.46. The monoisotopic (exact) mass is 283 g/mol. The van der Waals surface area contributed by atoms with Gasteiger partial charge in [0.15, 0.2) is 0 Å². The van der Waals surface area contributed by atoms with Gasteiger partial charge in [0.05, 0.1) is 16.4 Å². The van der Waals surface area contributed by atoms with Gasteiger partial charge in [-0.1, -0.05) is 31.5 Å². The Labute approximate surface area is 121 Å². The zero-order valence-electron chi connectivity index (χ0n) is 11.8. The largest absolute Gasteiger partial charge is 0.364 e. The molecule has 0 bridgehead atoms. The Morgan fingerprint density at radius 3 is 2.76 bits per heavy atom. The number of aryl methyl sites for hydroxylation is 1. The van der Waals surface area contributed by atoms with E-state index in [4.69, 9.17) is 5.73 Å². The molecule has 2 heterocycles. The Bertz CT molecular complexity index is 890. The van der Waals surface area contributed by atoms with Gasteiger partial charge in [0.25, 0.3) is 11.5 Å². The number of primary amides is 1. The van der Waals surface area contributed by atoms with E-state index in [2.05, 4.69) is 11.9 Å². The number of fused-ring (bicyclic) bond motifs is 3. The van der Waals surface area contributed by atoms with Crippen LogP contribution in [0.3, 0.4) is 0 Å². The van der Waals surface area contributed by atoms with Crippen LogP contribution in [0.15, 0.2) is 35.1 Å². The van der Waals surface area contributed by atoms with Gasteiger partial charge in [-0.3, -0.25) is 9.59 Å². The number of pyridine rings is 1. The van der Waals surface area contributed by atoms with Gasteiger partial charge in [-0.25, -0.2) is 0 Å². The molecule has 0 aliphatic heterocycles. The third-order valence-electron chi connectivity index (χ3n) is 3.76. The molecule has 5 heteroatoms. The average Bonchev–Trinajstić information content (AvgIpc) is 2.86. The van der Waals surface area contributed by atoms with Crippen molar-refractivity contribution in [3.63, 3.8) is 0 Å². The minimum atomic E-state index is -0.509. The maximum atomic E-state index is 12.2. The molecule has 21 heavy (non-hydrogen) atoms. The van der Waals surface area contributed by atoms with Gasteiger partial charge in [0, 0.05) is 11.9 Å². The number of nitrogens with zero attached hydrogens (tertiary/aromatic N) is 1. The van der Waals surface area contributed by atoms with Crippen molar-refractivity contribution in [2.75, 3.05) is 0 Å². The van der Waals surface area contributed by atoms with Crippen LogP contribution in [-0.2, 0) is 6.54 Å². The van der Waals surface area contributed by atoms with Crippen LogP contribution in [0.2, 0.25) is 0 Å². The normalized spacial score (nSPS) is 11.3. The molecule has 1 aromatic carbocycles. The lowest BCUT2D eigenvalue weighted by Crippen LogP contribution is -2.17. The molecule has 3 aromatic rings. The molecule has 3 N–H and O–H groups in total. The van der Waals surface area contributed by atoms with Crippen LogP contribution >= 0.6 is 0 Å². The predicted molar refractivity (Wildman–Crippen MR) is 83.5 cm³/mol. The smallest absolute Gasteiger partial charge is 0.265 e. The minimum absolute atomic E-state index is 0.193. The first kappa shape index (κ1) is 13.4. The summed E-state index contributed by atoms with van der Waals surface area (Å²) < 4.78 is 1.87. The van der Waals surface area contributed by atoms with Crippen molar-refractivity contribution in [1.82, 2.24) is 9.55 Å². The molecule has 0 saturated carbocycles. The standard InChI is InChI=1S/C16H17N3O2/c1-2-3-8-19-13(15(17)20)9-11-14(19)10-6-4-5-7-12(10)18-16(11)21/h4-7,9H,2-3,8H2,1H3,(H2,17,20)(H,18,21). The fraction of sp³-hybridized carbons (Fsp3) is 0.250. The molecule has 5 nitrogen and oxygen atoms in total. The van der Waals surface area contributed by atoms with Gasteiger partial charge in [0.2, 0.25) is 0 Å². The topological polar surface area (TPSA) is 80.9 Å². The number of carbonyl (C=O) groups excluding carboxylic acids is 1. The number of nitrogens with one attached hydrogen (secondary N) is 1. The zero-order chi connectivity index (χ0) is 15.0. The average molecular weight is 283 g/mol. The molecule has 108 valence electrons. The molecule has 3 rings (SSSR count). The number of para-hydroxylation sites is 1. The summed E-state index contributed by atoms with van der Waals surface area (Å²) in [7, 11) is 0. The third kappa shape index (κ3) is 2.11. The van der Waals surface area contributed by atoms with Gasteiger partial charge < -0.3 is 15.3 Å². The number of carbonyl (C=O) groups is 1. The van der Waals surface area contributed by atoms with Gasteiger partial charge in [-0.2, -0.15) is 0 Å². The summed E-state index contributed by atoms with van der Waals surface area (Å²) in [6.45, 7) is 2.76. The molecule has 0 fully saturated rings. The van der Waals surface area contributed by atoms with Crippen LogP contribution in [0.4, 0.5) is 0 Å². The Morgan fingerprint density at radius 1 is 1.29 bits per heavy atom. The maximum Gasteiger partial charge on any atom is 0.265 e. The minimum Gasteiger partial charge on any atom is -0.364 e. The van der Waals surface area contributed by atoms with E-state index in [1.54, 1.807) is 6.07 Å². The van der Waals surface area contributed by atoms with Gasteiger partial charge in [-0.15, -0.1) is 0 Å². The quantitative estimate of drug-likeness (QED) is 0.770. The second kappa shape index (κ2) is 5.09. The highest BCUT2D eigenvalue weighted by atomic mass is 16.1. The van der Waals surface area contributed by atoms with E-state index >= 15 is 0 Å². The Kier molecular flexibility index (Phi) is 3.25. The van der Waals surface area contributed by atoms with E-state index in [9.17, 15) is 9.59 Å². The molecule has 0 aliphatic rings. The second-order valence-corrected chi connectivity index (χ2v) is 5.16.